The van der Waals surface area contributed by atoms with Gasteiger partial charge in [-0.05, 0) is 25.4 Å². The van der Waals surface area contributed by atoms with Gasteiger partial charge in [-0.1, -0.05) is 27.7 Å². The number of nitrogens with zero attached hydrogens (tertiary/aromatic N) is 2. The Morgan fingerprint density at radius 2 is 2.00 bits per heavy atom. The molecule has 0 rings (SSSR count). The Bertz CT molecular complexity index is 200. The molecule has 0 aliphatic heterocycles. The van der Waals surface area contributed by atoms with E-state index < -0.39 is 0 Å². The van der Waals surface area contributed by atoms with Crippen LogP contribution in [0.2, 0.25) is 0 Å². The van der Waals surface area contributed by atoms with Crippen LogP contribution in [0.1, 0.15) is 34.1 Å². The third kappa shape index (κ3) is 8.41. The summed E-state index contributed by atoms with van der Waals surface area (Å²) in [5, 5.41) is 12.0. The molecule has 15 heavy (non-hydrogen) atoms. The second-order valence-corrected chi connectivity index (χ2v) is 5.33. The maximum Gasteiger partial charge on any atom is 0.0965 e. The largest absolute Gasteiger partial charge is 0.306 e. The van der Waals surface area contributed by atoms with Crippen molar-refractivity contribution in [2.45, 2.75) is 40.2 Å². The lowest BCUT2D eigenvalue weighted by Gasteiger charge is -2.27. The van der Waals surface area contributed by atoms with Crippen molar-refractivity contribution >= 4 is 0 Å². The third-order valence-corrected chi connectivity index (χ3v) is 2.15. The number of hydrogen-bond donors (Lipinski definition) is 1. The predicted molar refractivity (Wildman–Crippen MR) is 64.6 cm³/mol. The molecule has 1 N–H and O–H groups in total. The van der Waals surface area contributed by atoms with Gasteiger partial charge < -0.3 is 10.2 Å². The first kappa shape index (κ1) is 14.4. The fourth-order valence-electron chi connectivity index (χ4n) is 1.70. The SMILES string of the molecule is CCNC(C#N)CCN(C)CC(C)(C)C. The Morgan fingerprint density at radius 3 is 2.40 bits per heavy atom. The first-order valence-corrected chi connectivity index (χ1v) is 5.70. The molecular weight excluding hydrogens is 186 g/mol. The lowest BCUT2D eigenvalue weighted by Crippen LogP contribution is -2.35. The molecule has 0 aromatic rings. The Kier molecular flexibility index (Phi) is 6.55. The van der Waals surface area contributed by atoms with Gasteiger partial charge in [0.15, 0.2) is 0 Å². The summed E-state index contributed by atoms with van der Waals surface area (Å²) in [6.45, 7) is 11.6. The van der Waals surface area contributed by atoms with Crippen molar-refractivity contribution < 1.29 is 0 Å². The second kappa shape index (κ2) is 6.81. The van der Waals surface area contributed by atoms with E-state index in [1.165, 1.54) is 0 Å². The molecule has 0 aliphatic rings. The smallest absolute Gasteiger partial charge is 0.0965 e. The molecule has 3 heteroatoms. The van der Waals surface area contributed by atoms with Crippen LogP contribution >= 0.6 is 0 Å². The fraction of sp³-hybridized carbons (Fsp3) is 0.917. The zero-order valence-electron chi connectivity index (χ0n) is 10.8. The molecule has 3 nitrogen and oxygen atoms in total. The molecule has 0 spiro atoms. The highest BCUT2D eigenvalue weighted by molar-refractivity contribution is 4.89. The van der Waals surface area contributed by atoms with Crippen LogP contribution in [0.15, 0.2) is 0 Å². The maximum atomic E-state index is 8.87. The molecule has 0 aliphatic carbocycles. The lowest BCUT2D eigenvalue weighted by molar-refractivity contribution is 0.221. The van der Waals surface area contributed by atoms with Crippen molar-refractivity contribution in [1.82, 2.24) is 10.2 Å². The predicted octanol–water partition coefficient (Wildman–Crippen LogP) is 1.86. The van der Waals surface area contributed by atoms with Gasteiger partial charge in [0, 0.05) is 13.1 Å². The standard InChI is InChI=1S/C12H25N3/c1-6-14-11(9-13)7-8-15(5)10-12(2,3)4/h11,14H,6-8,10H2,1-5H3. The zero-order chi connectivity index (χ0) is 11.9. The average molecular weight is 211 g/mol. The molecule has 0 heterocycles. The van der Waals surface area contributed by atoms with E-state index in [9.17, 15) is 0 Å². The molecule has 0 aromatic heterocycles. The lowest BCUT2D eigenvalue weighted by atomic mass is 9.96. The van der Waals surface area contributed by atoms with Crippen LogP contribution in [0.4, 0.5) is 0 Å². The van der Waals surface area contributed by atoms with Crippen molar-refractivity contribution in [3.05, 3.63) is 0 Å². The van der Waals surface area contributed by atoms with Crippen molar-refractivity contribution in [3.63, 3.8) is 0 Å². The van der Waals surface area contributed by atoms with E-state index in [0.717, 1.165) is 26.1 Å². The topological polar surface area (TPSA) is 39.1 Å². The molecule has 0 radical (unpaired) electrons. The van der Waals surface area contributed by atoms with Gasteiger partial charge in [0.1, 0.15) is 0 Å². The van der Waals surface area contributed by atoms with Gasteiger partial charge in [0.2, 0.25) is 0 Å². The van der Waals surface area contributed by atoms with Crippen LogP contribution in [0, 0.1) is 16.7 Å². The van der Waals surface area contributed by atoms with Crippen molar-refractivity contribution in [3.8, 4) is 6.07 Å². The number of nitrogens with one attached hydrogen (secondary N) is 1. The zero-order valence-corrected chi connectivity index (χ0v) is 10.8. The van der Waals surface area contributed by atoms with Crippen LogP contribution in [-0.2, 0) is 0 Å². The van der Waals surface area contributed by atoms with E-state index in [4.69, 9.17) is 5.26 Å². The summed E-state index contributed by atoms with van der Waals surface area (Å²) >= 11 is 0. The van der Waals surface area contributed by atoms with E-state index in [-0.39, 0.29) is 6.04 Å². The van der Waals surface area contributed by atoms with E-state index in [0.29, 0.717) is 5.41 Å². The fourth-order valence-corrected chi connectivity index (χ4v) is 1.70. The molecule has 0 bridgehead atoms. The maximum absolute atomic E-state index is 8.87. The number of rotatable bonds is 6. The molecule has 0 amide bonds. The van der Waals surface area contributed by atoms with Crippen molar-refractivity contribution in [2.24, 2.45) is 5.41 Å². The molecule has 1 atom stereocenters. The Morgan fingerprint density at radius 1 is 1.40 bits per heavy atom. The first-order chi connectivity index (χ1) is 6.89. The van der Waals surface area contributed by atoms with Gasteiger partial charge in [-0.15, -0.1) is 0 Å². The highest BCUT2D eigenvalue weighted by atomic mass is 15.1. The minimum atomic E-state index is -0.00239. The van der Waals surface area contributed by atoms with Crippen molar-refractivity contribution in [2.75, 3.05) is 26.7 Å². The molecule has 0 fully saturated rings. The summed E-state index contributed by atoms with van der Waals surface area (Å²) in [7, 11) is 2.12. The van der Waals surface area contributed by atoms with E-state index >= 15 is 0 Å². The number of nitriles is 1. The van der Waals surface area contributed by atoms with E-state index in [2.05, 4.69) is 44.1 Å². The van der Waals surface area contributed by atoms with Gasteiger partial charge in [0.05, 0.1) is 12.1 Å². The van der Waals surface area contributed by atoms with Crippen LogP contribution in [0.5, 0.6) is 0 Å². The van der Waals surface area contributed by atoms with Gasteiger partial charge in [-0.2, -0.15) is 5.26 Å². The summed E-state index contributed by atoms with van der Waals surface area (Å²) in [5.74, 6) is 0. The van der Waals surface area contributed by atoms with Crippen LogP contribution in [0.25, 0.3) is 0 Å². The minimum Gasteiger partial charge on any atom is -0.306 e. The Balaban J connectivity index is 3.79. The van der Waals surface area contributed by atoms with Crippen LogP contribution < -0.4 is 5.32 Å². The molecular formula is C12H25N3. The van der Waals surface area contributed by atoms with Gasteiger partial charge in [-0.3, -0.25) is 0 Å². The molecule has 1 unspecified atom stereocenters. The van der Waals surface area contributed by atoms with E-state index in [1.807, 2.05) is 6.92 Å². The summed E-state index contributed by atoms with van der Waals surface area (Å²) < 4.78 is 0. The summed E-state index contributed by atoms with van der Waals surface area (Å²) in [6.07, 6.45) is 0.900. The minimum absolute atomic E-state index is 0.00239. The van der Waals surface area contributed by atoms with Crippen LogP contribution in [-0.4, -0.2) is 37.6 Å². The van der Waals surface area contributed by atoms with Gasteiger partial charge >= 0.3 is 0 Å². The molecule has 0 aromatic carbocycles. The monoisotopic (exact) mass is 211 g/mol. The number of hydrogen-bond acceptors (Lipinski definition) is 3. The summed E-state index contributed by atoms with van der Waals surface area (Å²) in [5.41, 5.74) is 0.328. The molecule has 88 valence electrons. The first-order valence-electron chi connectivity index (χ1n) is 5.70. The van der Waals surface area contributed by atoms with E-state index in [1.54, 1.807) is 0 Å². The summed E-state index contributed by atoms with van der Waals surface area (Å²) in [4.78, 5) is 2.29. The second-order valence-electron chi connectivity index (χ2n) is 5.33. The molecule has 0 saturated heterocycles. The third-order valence-electron chi connectivity index (χ3n) is 2.15. The Hall–Kier alpha value is -0.590. The molecule has 0 saturated carbocycles. The highest BCUT2D eigenvalue weighted by Gasteiger charge is 2.14. The van der Waals surface area contributed by atoms with Gasteiger partial charge in [-0.25, -0.2) is 0 Å². The highest BCUT2D eigenvalue weighted by Crippen LogP contribution is 2.14. The van der Waals surface area contributed by atoms with Crippen molar-refractivity contribution in [1.29, 1.82) is 5.26 Å². The summed E-state index contributed by atoms with van der Waals surface area (Å²) in [6, 6.07) is 2.28. The average Bonchev–Trinajstić information content (AvgIpc) is 2.09. The van der Waals surface area contributed by atoms with Gasteiger partial charge in [0.25, 0.3) is 0 Å². The Labute approximate surface area is 94.5 Å². The normalized spacial score (nSPS) is 13.9. The quantitative estimate of drug-likeness (QED) is 0.729. The van der Waals surface area contributed by atoms with Crippen LogP contribution in [0.3, 0.4) is 0 Å².